The Kier molecular flexibility index (Phi) is 9.53. The molecule has 1 aromatic carbocycles. The van der Waals surface area contributed by atoms with Crippen LogP contribution in [0.3, 0.4) is 0 Å². The summed E-state index contributed by atoms with van der Waals surface area (Å²) in [4.78, 5) is 30.4. The van der Waals surface area contributed by atoms with E-state index in [4.69, 9.17) is 14.9 Å². The number of aromatic nitrogens is 6. The number of alkyl halides is 2. The van der Waals surface area contributed by atoms with Crippen molar-refractivity contribution in [3.8, 4) is 17.0 Å². The highest BCUT2D eigenvalue weighted by Gasteiger charge is 2.49. The highest BCUT2D eigenvalue weighted by Crippen LogP contribution is 2.54. The first-order valence-electron chi connectivity index (χ1n) is 20.1. The first kappa shape index (κ1) is 36.7. The maximum atomic E-state index is 14.7. The third-order valence-electron chi connectivity index (χ3n) is 13.2. The number of ether oxygens (including phenoxy) is 1. The molecule has 13 nitrogen and oxygen atoms in total. The van der Waals surface area contributed by atoms with Crippen LogP contribution in [0.4, 0.5) is 20.3 Å². The molecule has 4 aromatic rings. The van der Waals surface area contributed by atoms with Gasteiger partial charge in [0, 0.05) is 92.9 Å². The Morgan fingerprint density at radius 2 is 1.77 bits per heavy atom. The average Bonchev–Trinajstić information content (AvgIpc) is 3.80. The highest BCUT2D eigenvalue weighted by atomic mass is 19.3. The number of aryl methyl sites for hydroxylation is 2. The van der Waals surface area contributed by atoms with Gasteiger partial charge in [-0.3, -0.25) is 14.2 Å². The predicted molar refractivity (Wildman–Crippen MR) is 203 cm³/mol. The summed E-state index contributed by atoms with van der Waals surface area (Å²) < 4.78 is 39.3. The van der Waals surface area contributed by atoms with Gasteiger partial charge in [0.05, 0.1) is 18.8 Å². The van der Waals surface area contributed by atoms with Crippen LogP contribution in [-0.2, 0) is 31.2 Å². The van der Waals surface area contributed by atoms with Gasteiger partial charge in [-0.1, -0.05) is 0 Å². The summed E-state index contributed by atoms with van der Waals surface area (Å²) in [6.45, 7) is 5.42. The third kappa shape index (κ3) is 6.81. The molecular formula is C41H49F2N9O4. The minimum absolute atomic E-state index is 0.00603. The van der Waals surface area contributed by atoms with E-state index in [2.05, 4.69) is 29.8 Å². The van der Waals surface area contributed by atoms with Crippen molar-refractivity contribution in [2.24, 2.45) is 12.5 Å². The maximum absolute atomic E-state index is 14.7. The van der Waals surface area contributed by atoms with Crippen LogP contribution < -0.4 is 9.64 Å². The Morgan fingerprint density at radius 1 is 0.982 bits per heavy atom. The summed E-state index contributed by atoms with van der Waals surface area (Å²) in [5.74, 6) is 0.107. The molecule has 3 fully saturated rings. The molecule has 9 rings (SSSR count). The minimum atomic E-state index is -2.65. The molecule has 1 saturated heterocycles. The van der Waals surface area contributed by atoms with Gasteiger partial charge in [0.15, 0.2) is 11.5 Å². The van der Waals surface area contributed by atoms with Gasteiger partial charge >= 0.3 is 5.97 Å². The molecule has 296 valence electrons. The van der Waals surface area contributed by atoms with Crippen LogP contribution in [0, 0.1) is 5.41 Å². The van der Waals surface area contributed by atoms with Crippen molar-refractivity contribution in [3.63, 3.8) is 0 Å². The Morgan fingerprint density at radius 3 is 2.43 bits per heavy atom. The minimum Gasteiger partial charge on any atom is -0.476 e. The van der Waals surface area contributed by atoms with Crippen molar-refractivity contribution < 1.29 is 28.2 Å². The van der Waals surface area contributed by atoms with E-state index in [1.54, 1.807) is 43.2 Å². The van der Waals surface area contributed by atoms with E-state index in [0.29, 0.717) is 48.1 Å². The molecule has 2 saturated carbocycles. The number of hydrogen-bond acceptors (Lipinski definition) is 9. The molecular weight excluding hydrogens is 721 g/mol. The molecule has 1 spiro atoms. The number of nitrogens with zero attached hydrogens (tertiary/aromatic N) is 9. The van der Waals surface area contributed by atoms with Gasteiger partial charge < -0.3 is 24.5 Å². The van der Waals surface area contributed by atoms with E-state index >= 15 is 0 Å². The quantitative estimate of drug-likeness (QED) is 0.212. The molecule has 1 N–H and O–H groups in total. The number of carboxylic acids is 1. The predicted octanol–water partition coefficient (Wildman–Crippen LogP) is 6.51. The number of likely N-dealkylation sites (tertiary alicyclic amines) is 1. The molecule has 0 unspecified atom stereocenters. The topological polar surface area (TPSA) is 135 Å². The van der Waals surface area contributed by atoms with Crippen LogP contribution in [0.5, 0.6) is 5.88 Å². The second-order valence-electron chi connectivity index (χ2n) is 16.6. The largest absolute Gasteiger partial charge is 0.476 e. The van der Waals surface area contributed by atoms with E-state index in [0.717, 1.165) is 93.5 Å². The first-order chi connectivity index (χ1) is 27.0. The second-order valence-corrected chi connectivity index (χ2v) is 16.6. The van der Waals surface area contributed by atoms with E-state index in [1.165, 1.54) is 24.6 Å². The van der Waals surface area contributed by atoms with Crippen LogP contribution in [-0.4, -0.2) is 94.9 Å². The van der Waals surface area contributed by atoms with Crippen molar-refractivity contribution in [2.75, 3.05) is 31.1 Å². The number of benzene rings is 1. The maximum Gasteiger partial charge on any atom is 0.356 e. The number of anilines is 2. The highest BCUT2D eigenvalue weighted by molar-refractivity contribution is 5.85. The molecule has 2 aliphatic carbocycles. The van der Waals surface area contributed by atoms with Gasteiger partial charge in [0.1, 0.15) is 6.10 Å². The molecule has 6 heterocycles. The second kappa shape index (κ2) is 14.5. The van der Waals surface area contributed by atoms with Crippen LogP contribution in [0.25, 0.3) is 11.1 Å². The van der Waals surface area contributed by atoms with Crippen LogP contribution >= 0.6 is 0 Å². The fourth-order valence-electron chi connectivity index (χ4n) is 10.2. The number of carboxylic acid groups (broad SMARTS) is 1. The van der Waals surface area contributed by atoms with Crippen molar-refractivity contribution in [3.05, 3.63) is 64.7 Å². The summed E-state index contributed by atoms with van der Waals surface area (Å²) in [6, 6.07) is 7.42. The molecule has 56 heavy (non-hydrogen) atoms. The number of aromatic carboxylic acids is 1. The number of fused-ring (bicyclic) bond motifs is 2. The lowest BCUT2D eigenvalue weighted by atomic mass is 9.57. The normalized spacial score (nSPS) is 24.2. The summed E-state index contributed by atoms with van der Waals surface area (Å²) >= 11 is 0. The Labute approximate surface area is 324 Å². The van der Waals surface area contributed by atoms with Crippen LogP contribution in [0.2, 0.25) is 0 Å². The zero-order chi connectivity index (χ0) is 38.7. The van der Waals surface area contributed by atoms with Gasteiger partial charge in [0.2, 0.25) is 11.8 Å². The van der Waals surface area contributed by atoms with Crippen molar-refractivity contribution in [2.45, 2.75) is 109 Å². The number of carbonyl (C=O) groups is 2. The molecule has 3 aliphatic heterocycles. The lowest BCUT2D eigenvalue weighted by Gasteiger charge is -2.55. The van der Waals surface area contributed by atoms with Crippen LogP contribution in [0.1, 0.15) is 110 Å². The Balaban J connectivity index is 0.884. The standard InChI is InChI=1S/C41H49F2N9O4/c1-25(53)50-17-11-35-33(24-50)39(51-14-3-4-26-18-31(27-22-44-48(2)23-27)32(38(42)43)19-36(26)51)47-52(35)28-9-15-49(16-10-28)29-20-41(21-29)12-7-30(8-13-41)56-37-6-5-34(40(54)55)45-46-37/h5-6,18-19,22-23,28-30,38H,3-4,7-17,20-21,24H2,1-2H3,(H,54,55). The van der Waals surface area contributed by atoms with Gasteiger partial charge in [-0.2, -0.15) is 10.2 Å². The smallest absolute Gasteiger partial charge is 0.356 e. The molecule has 15 heteroatoms. The number of piperidine rings is 1. The Bertz CT molecular complexity index is 2110. The number of hydrogen-bond donors (Lipinski definition) is 1. The summed E-state index contributed by atoms with van der Waals surface area (Å²) in [7, 11) is 1.79. The van der Waals surface area contributed by atoms with Crippen molar-refractivity contribution >= 4 is 23.4 Å². The van der Waals surface area contributed by atoms with E-state index in [-0.39, 0.29) is 29.3 Å². The number of rotatable bonds is 8. The zero-order valence-corrected chi connectivity index (χ0v) is 32.0. The molecule has 0 bridgehead atoms. The van der Waals surface area contributed by atoms with Gasteiger partial charge in [-0.25, -0.2) is 13.6 Å². The molecule has 5 aliphatic rings. The van der Waals surface area contributed by atoms with E-state index in [1.807, 2.05) is 11.0 Å². The molecule has 0 radical (unpaired) electrons. The summed E-state index contributed by atoms with van der Waals surface area (Å²) in [5, 5.41) is 26.4. The lowest BCUT2D eigenvalue weighted by molar-refractivity contribution is -0.129. The third-order valence-corrected chi connectivity index (χ3v) is 13.2. The number of carbonyl (C=O) groups excluding carboxylic acids is 1. The molecule has 1 amide bonds. The fraction of sp³-hybridized carbons (Fsp3) is 0.561. The zero-order valence-electron chi connectivity index (χ0n) is 32.0. The number of halogens is 2. The van der Waals surface area contributed by atoms with E-state index < -0.39 is 12.4 Å². The van der Waals surface area contributed by atoms with Crippen LogP contribution in [0.15, 0.2) is 36.7 Å². The average molecular weight is 770 g/mol. The number of amides is 1. The van der Waals surface area contributed by atoms with Crippen molar-refractivity contribution in [1.29, 1.82) is 0 Å². The SMILES string of the molecule is CC(=O)N1CCc2c(c(N3CCCc4cc(-c5cnn(C)c5)c(C(F)F)cc43)nn2C2CCN(C3CC4(CCC(Oc5ccc(C(=O)O)nn5)CC4)C3)CC2)C1. The van der Waals surface area contributed by atoms with Gasteiger partial charge in [-0.15, -0.1) is 10.2 Å². The summed E-state index contributed by atoms with van der Waals surface area (Å²) in [6.07, 6.45) is 11.8. The monoisotopic (exact) mass is 769 g/mol. The first-order valence-corrected chi connectivity index (χ1v) is 20.1. The van der Waals surface area contributed by atoms with Gasteiger partial charge in [-0.05, 0) is 98.9 Å². The molecule has 3 aromatic heterocycles. The van der Waals surface area contributed by atoms with Crippen molar-refractivity contribution in [1.82, 2.24) is 39.6 Å². The lowest BCUT2D eigenvalue weighted by Crippen LogP contribution is -2.54. The fourth-order valence-corrected chi connectivity index (χ4v) is 10.2. The summed E-state index contributed by atoms with van der Waals surface area (Å²) in [5.41, 5.74) is 5.50. The molecule has 0 atom stereocenters. The van der Waals surface area contributed by atoms with Gasteiger partial charge in [0.25, 0.3) is 6.43 Å². The Hall–Kier alpha value is -4.92. The van der Waals surface area contributed by atoms with E-state index in [9.17, 15) is 18.4 Å².